The number of carbonyl (C=O) groups excluding carboxylic acids is 2. The Morgan fingerprint density at radius 3 is 2.33 bits per heavy atom. The predicted octanol–water partition coefficient (Wildman–Crippen LogP) is 2.67. The lowest BCUT2D eigenvalue weighted by atomic mass is 10.0. The van der Waals surface area contributed by atoms with Gasteiger partial charge in [0, 0.05) is 30.7 Å². The van der Waals surface area contributed by atoms with Crippen LogP contribution >= 0.6 is 0 Å². The van der Waals surface area contributed by atoms with E-state index in [-0.39, 0.29) is 18.0 Å². The van der Waals surface area contributed by atoms with Crippen LogP contribution in [0.3, 0.4) is 0 Å². The third-order valence-corrected chi connectivity index (χ3v) is 4.89. The van der Waals surface area contributed by atoms with Gasteiger partial charge in [-0.05, 0) is 43.9 Å². The number of hydrogen-bond acceptors (Lipinski definition) is 2. The zero-order valence-electron chi connectivity index (χ0n) is 13.8. The Kier molecular flexibility index (Phi) is 5.33. The van der Waals surface area contributed by atoms with E-state index in [4.69, 9.17) is 0 Å². The van der Waals surface area contributed by atoms with Gasteiger partial charge in [-0.15, -0.1) is 0 Å². The maximum atomic E-state index is 13.2. The van der Waals surface area contributed by atoms with E-state index in [1.807, 2.05) is 4.90 Å². The molecule has 1 aliphatic carbocycles. The van der Waals surface area contributed by atoms with Crippen LogP contribution in [0.1, 0.15) is 48.9 Å². The fraction of sp³-hybridized carbons (Fsp3) is 0.556. The lowest BCUT2D eigenvalue weighted by molar-refractivity contribution is 0.0917. The number of amides is 3. The average molecular weight is 333 g/mol. The van der Waals surface area contributed by atoms with Gasteiger partial charge in [-0.3, -0.25) is 4.79 Å². The lowest BCUT2D eigenvalue weighted by Crippen LogP contribution is -2.51. The van der Waals surface area contributed by atoms with Crippen molar-refractivity contribution in [3.8, 4) is 0 Å². The number of benzene rings is 1. The number of piperidine rings is 1. The SMILES string of the molecule is O=C(NC1CCN(C(=O)NC2CCCC2)CC1)c1cccc(F)c1. The molecule has 2 N–H and O–H groups in total. The Bertz CT molecular complexity index is 594. The highest BCUT2D eigenvalue weighted by molar-refractivity contribution is 5.94. The molecule has 5 nitrogen and oxygen atoms in total. The third-order valence-electron chi connectivity index (χ3n) is 4.89. The van der Waals surface area contributed by atoms with Crippen molar-refractivity contribution in [2.45, 2.75) is 50.6 Å². The monoisotopic (exact) mass is 333 g/mol. The van der Waals surface area contributed by atoms with Gasteiger partial charge in [0.1, 0.15) is 5.82 Å². The number of urea groups is 1. The standard InChI is InChI=1S/C18H24FN3O2/c19-14-5-3-4-13(12-14)17(23)20-16-8-10-22(11-9-16)18(24)21-15-6-1-2-7-15/h3-5,12,15-16H,1-2,6-11H2,(H,20,23)(H,21,24). The summed E-state index contributed by atoms with van der Waals surface area (Å²) in [6.07, 6.45) is 5.98. The van der Waals surface area contributed by atoms with E-state index in [1.54, 1.807) is 6.07 Å². The van der Waals surface area contributed by atoms with Crippen LogP contribution in [-0.4, -0.2) is 42.0 Å². The van der Waals surface area contributed by atoms with Gasteiger partial charge >= 0.3 is 6.03 Å². The highest BCUT2D eigenvalue weighted by Crippen LogP contribution is 2.18. The number of halogens is 1. The summed E-state index contributed by atoms with van der Waals surface area (Å²) in [5.41, 5.74) is 0.330. The second-order valence-corrected chi connectivity index (χ2v) is 6.68. The molecule has 1 heterocycles. The molecule has 0 unspecified atom stereocenters. The van der Waals surface area contributed by atoms with E-state index in [9.17, 15) is 14.0 Å². The summed E-state index contributed by atoms with van der Waals surface area (Å²) in [4.78, 5) is 26.2. The van der Waals surface area contributed by atoms with Crippen molar-refractivity contribution in [3.63, 3.8) is 0 Å². The number of nitrogens with one attached hydrogen (secondary N) is 2. The number of rotatable bonds is 3. The maximum absolute atomic E-state index is 13.2. The fourth-order valence-corrected chi connectivity index (χ4v) is 3.46. The van der Waals surface area contributed by atoms with Gasteiger partial charge < -0.3 is 15.5 Å². The topological polar surface area (TPSA) is 61.4 Å². The number of nitrogens with zero attached hydrogens (tertiary/aromatic N) is 1. The first kappa shape index (κ1) is 16.7. The van der Waals surface area contributed by atoms with Gasteiger partial charge in [0.2, 0.25) is 0 Å². The van der Waals surface area contributed by atoms with E-state index < -0.39 is 5.82 Å². The summed E-state index contributed by atoms with van der Waals surface area (Å²) in [6, 6.07) is 6.04. The Balaban J connectivity index is 1.44. The largest absolute Gasteiger partial charge is 0.349 e. The van der Waals surface area contributed by atoms with Crippen LogP contribution in [0.2, 0.25) is 0 Å². The molecule has 1 aromatic carbocycles. The molecular formula is C18H24FN3O2. The number of likely N-dealkylation sites (tertiary alicyclic amines) is 1. The molecule has 3 amide bonds. The van der Waals surface area contributed by atoms with E-state index in [2.05, 4.69) is 10.6 Å². The van der Waals surface area contributed by atoms with Crippen molar-refractivity contribution in [2.75, 3.05) is 13.1 Å². The molecule has 0 bridgehead atoms. The highest BCUT2D eigenvalue weighted by Gasteiger charge is 2.26. The van der Waals surface area contributed by atoms with Gasteiger partial charge in [0.15, 0.2) is 0 Å². The van der Waals surface area contributed by atoms with Crippen LogP contribution < -0.4 is 10.6 Å². The summed E-state index contributed by atoms with van der Waals surface area (Å²) < 4.78 is 13.2. The quantitative estimate of drug-likeness (QED) is 0.893. The van der Waals surface area contributed by atoms with Crippen LogP contribution in [-0.2, 0) is 0 Å². The summed E-state index contributed by atoms with van der Waals surface area (Å²) in [5, 5.41) is 6.03. The Hall–Kier alpha value is -2.11. The molecule has 2 aliphatic rings. The first-order valence-corrected chi connectivity index (χ1v) is 8.74. The van der Waals surface area contributed by atoms with Crippen LogP contribution in [0.5, 0.6) is 0 Å². The van der Waals surface area contributed by atoms with Crippen LogP contribution in [0.15, 0.2) is 24.3 Å². The molecule has 1 saturated heterocycles. The molecule has 1 aromatic rings. The third kappa shape index (κ3) is 4.24. The fourth-order valence-electron chi connectivity index (χ4n) is 3.46. The minimum Gasteiger partial charge on any atom is -0.349 e. The van der Waals surface area contributed by atoms with Crippen molar-refractivity contribution in [3.05, 3.63) is 35.6 Å². The van der Waals surface area contributed by atoms with Crippen molar-refractivity contribution in [1.29, 1.82) is 0 Å². The van der Waals surface area contributed by atoms with Crippen molar-refractivity contribution in [2.24, 2.45) is 0 Å². The van der Waals surface area contributed by atoms with Gasteiger partial charge in [0.25, 0.3) is 5.91 Å². The predicted molar refractivity (Wildman–Crippen MR) is 89.2 cm³/mol. The first-order chi connectivity index (χ1) is 11.6. The molecule has 0 atom stereocenters. The Labute approximate surface area is 141 Å². The van der Waals surface area contributed by atoms with E-state index in [0.717, 1.165) is 25.7 Å². The van der Waals surface area contributed by atoms with Crippen LogP contribution in [0, 0.1) is 5.82 Å². The average Bonchev–Trinajstić information content (AvgIpc) is 3.08. The first-order valence-electron chi connectivity index (χ1n) is 8.74. The molecule has 0 aromatic heterocycles. The number of hydrogen-bond donors (Lipinski definition) is 2. The molecule has 0 radical (unpaired) electrons. The molecular weight excluding hydrogens is 309 g/mol. The molecule has 0 spiro atoms. The van der Waals surface area contributed by atoms with Crippen molar-refractivity contribution < 1.29 is 14.0 Å². The molecule has 3 rings (SSSR count). The van der Waals surface area contributed by atoms with E-state index in [0.29, 0.717) is 24.7 Å². The zero-order chi connectivity index (χ0) is 16.9. The summed E-state index contributed by atoms with van der Waals surface area (Å²) in [5.74, 6) is -0.676. The molecule has 2 fully saturated rings. The van der Waals surface area contributed by atoms with Crippen LogP contribution in [0.4, 0.5) is 9.18 Å². The lowest BCUT2D eigenvalue weighted by Gasteiger charge is -2.33. The van der Waals surface area contributed by atoms with Crippen LogP contribution in [0.25, 0.3) is 0 Å². The van der Waals surface area contributed by atoms with Gasteiger partial charge in [-0.25, -0.2) is 9.18 Å². The van der Waals surface area contributed by atoms with E-state index in [1.165, 1.54) is 31.0 Å². The Morgan fingerprint density at radius 1 is 1.00 bits per heavy atom. The highest BCUT2D eigenvalue weighted by atomic mass is 19.1. The van der Waals surface area contributed by atoms with Gasteiger partial charge in [-0.2, -0.15) is 0 Å². The second kappa shape index (κ2) is 7.64. The summed E-state index contributed by atoms with van der Waals surface area (Å²) in [6.45, 7) is 1.26. The van der Waals surface area contributed by atoms with Crippen molar-refractivity contribution >= 4 is 11.9 Å². The molecule has 6 heteroatoms. The molecule has 1 aliphatic heterocycles. The van der Waals surface area contributed by atoms with E-state index >= 15 is 0 Å². The maximum Gasteiger partial charge on any atom is 0.317 e. The molecule has 1 saturated carbocycles. The molecule has 24 heavy (non-hydrogen) atoms. The normalized spacial score (nSPS) is 19.3. The summed E-state index contributed by atoms with van der Waals surface area (Å²) >= 11 is 0. The smallest absolute Gasteiger partial charge is 0.317 e. The summed E-state index contributed by atoms with van der Waals surface area (Å²) in [7, 11) is 0. The zero-order valence-corrected chi connectivity index (χ0v) is 13.8. The minimum absolute atomic E-state index is 0.0109. The van der Waals surface area contributed by atoms with Gasteiger partial charge in [0.05, 0.1) is 0 Å². The van der Waals surface area contributed by atoms with Gasteiger partial charge in [-0.1, -0.05) is 18.9 Å². The second-order valence-electron chi connectivity index (χ2n) is 6.68. The minimum atomic E-state index is -0.416. The Morgan fingerprint density at radius 2 is 1.67 bits per heavy atom. The number of carbonyl (C=O) groups is 2. The molecule has 130 valence electrons. The van der Waals surface area contributed by atoms with Crippen molar-refractivity contribution in [1.82, 2.24) is 15.5 Å².